The molecule has 0 spiro atoms. The zero-order valence-corrected chi connectivity index (χ0v) is 8.97. The van der Waals surface area contributed by atoms with E-state index >= 15 is 0 Å². The molecule has 0 atom stereocenters. The maximum Gasteiger partial charge on any atom is 0.0621 e. The predicted octanol–water partition coefficient (Wildman–Crippen LogP) is 2.71. The summed E-state index contributed by atoms with van der Waals surface area (Å²) in [5.74, 6) is 0.820. The second kappa shape index (κ2) is 9.54. The first-order chi connectivity index (χ1) is 6.27. The van der Waals surface area contributed by atoms with E-state index in [1.54, 1.807) is 0 Å². The highest BCUT2D eigenvalue weighted by molar-refractivity contribution is 4.68. The van der Waals surface area contributed by atoms with Gasteiger partial charge in [-0.1, -0.05) is 13.8 Å². The third kappa shape index (κ3) is 11.5. The molecule has 0 unspecified atom stereocenters. The van der Waals surface area contributed by atoms with Crippen molar-refractivity contribution in [3.05, 3.63) is 0 Å². The van der Waals surface area contributed by atoms with Crippen LogP contribution in [0.4, 0.5) is 0 Å². The Morgan fingerprint density at radius 3 is 2.46 bits per heavy atom. The fourth-order valence-electron chi connectivity index (χ4n) is 1.21. The zero-order chi connectivity index (χ0) is 9.94. The minimum absolute atomic E-state index is 0.702. The predicted molar refractivity (Wildman–Crippen MR) is 56.4 cm³/mol. The normalized spacial score (nSPS) is 10.3. The van der Waals surface area contributed by atoms with Crippen LogP contribution in [-0.4, -0.2) is 13.1 Å². The summed E-state index contributed by atoms with van der Waals surface area (Å²) < 4.78 is 0. The molecule has 0 radical (unpaired) electrons. The first kappa shape index (κ1) is 12.4. The highest BCUT2D eigenvalue weighted by Gasteiger charge is 1.93. The van der Waals surface area contributed by atoms with Crippen LogP contribution in [0.1, 0.15) is 46.0 Å². The van der Waals surface area contributed by atoms with E-state index in [1.807, 2.05) is 0 Å². The van der Waals surface area contributed by atoms with E-state index in [0.29, 0.717) is 6.42 Å². The SMILES string of the molecule is CC(C)CCCNCCCCC#N. The van der Waals surface area contributed by atoms with Crippen molar-refractivity contribution in [1.82, 2.24) is 5.32 Å². The summed E-state index contributed by atoms with van der Waals surface area (Å²) in [7, 11) is 0. The van der Waals surface area contributed by atoms with Crippen molar-refractivity contribution in [1.29, 1.82) is 5.26 Å². The quantitative estimate of drug-likeness (QED) is 0.586. The zero-order valence-electron chi connectivity index (χ0n) is 8.97. The van der Waals surface area contributed by atoms with Crippen molar-refractivity contribution in [2.45, 2.75) is 46.0 Å². The summed E-state index contributed by atoms with van der Waals surface area (Å²) >= 11 is 0. The molecule has 1 N–H and O–H groups in total. The Morgan fingerprint density at radius 1 is 1.15 bits per heavy atom. The molecular weight excluding hydrogens is 160 g/mol. The third-order valence-electron chi connectivity index (χ3n) is 2.03. The average Bonchev–Trinajstić information content (AvgIpc) is 2.09. The van der Waals surface area contributed by atoms with Gasteiger partial charge in [-0.25, -0.2) is 0 Å². The molecule has 0 aliphatic rings. The van der Waals surface area contributed by atoms with Crippen LogP contribution < -0.4 is 5.32 Å². The van der Waals surface area contributed by atoms with Gasteiger partial charge in [0.05, 0.1) is 6.07 Å². The first-order valence-electron chi connectivity index (χ1n) is 5.35. The van der Waals surface area contributed by atoms with Crippen LogP contribution in [0, 0.1) is 17.2 Å². The molecule has 2 nitrogen and oxygen atoms in total. The fraction of sp³-hybridized carbons (Fsp3) is 0.909. The summed E-state index contributed by atoms with van der Waals surface area (Å²) in [4.78, 5) is 0. The van der Waals surface area contributed by atoms with Gasteiger partial charge in [0.15, 0.2) is 0 Å². The van der Waals surface area contributed by atoms with E-state index in [4.69, 9.17) is 5.26 Å². The molecule has 0 aromatic heterocycles. The maximum atomic E-state index is 8.30. The van der Waals surface area contributed by atoms with Crippen molar-refractivity contribution in [3.63, 3.8) is 0 Å². The largest absolute Gasteiger partial charge is 0.317 e. The molecule has 0 aliphatic heterocycles. The van der Waals surface area contributed by atoms with Crippen molar-refractivity contribution in [2.75, 3.05) is 13.1 Å². The lowest BCUT2D eigenvalue weighted by molar-refractivity contribution is 0.521. The van der Waals surface area contributed by atoms with Gasteiger partial charge in [-0.2, -0.15) is 5.26 Å². The molecule has 76 valence electrons. The molecule has 0 aromatic carbocycles. The van der Waals surface area contributed by atoms with Crippen LogP contribution in [0.5, 0.6) is 0 Å². The lowest BCUT2D eigenvalue weighted by Gasteiger charge is -2.05. The summed E-state index contributed by atoms with van der Waals surface area (Å²) in [6.45, 7) is 6.71. The Labute approximate surface area is 82.3 Å². The number of nitrogens with one attached hydrogen (secondary N) is 1. The van der Waals surface area contributed by atoms with Crippen molar-refractivity contribution in [2.24, 2.45) is 5.92 Å². The van der Waals surface area contributed by atoms with Gasteiger partial charge in [-0.05, 0) is 44.7 Å². The summed E-state index contributed by atoms with van der Waals surface area (Å²) in [6, 6.07) is 2.16. The molecule has 0 heterocycles. The fourth-order valence-corrected chi connectivity index (χ4v) is 1.21. The molecule has 13 heavy (non-hydrogen) atoms. The van der Waals surface area contributed by atoms with Crippen molar-refractivity contribution >= 4 is 0 Å². The Morgan fingerprint density at radius 2 is 1.85 bits per heavy atom. The van der Waals surface area contributed by atoms with Crippen LogP contribution in [0.25, 0.3) is 0 Å². The monoisotopic (exact) mass is 182 g/mol. The molecule has 0 rings (SSSR count). The summed E-state index contributed by atoms with van der Waals surface area (Å²) in [5, 5.41) is 11.7. The molecule has 0 aliphatic carbocycles. The Hall–Kier alpha value is -0.550. The van der Waals surface area contributed by atoms with E-state index in [2.05, 4.69) is 25.2 Å². The smallest absolute Gasteiger partial charge is 0.0621 e. The van der Waals surface area contributed by atoms with Crippen LogP contribution in [0.3, 0.4) is 0 Å². The van der Waals surface area contributed by atoms with E-state index in [0.717, 1.165) is 31.8 Å². The van der Waals surface area contributed by atoms with Gasteiger partial charge in [-0.15, -0.1) is 0 Å². The highest BCUT2D eigenvalue weighted by Crippen LogP contribution is 2.01. The summed E-state index contributed by atoms with van der Waals surface area (Å²) in [5.41, 5.74) is 0. The Balaban J connectivity index is 2.88. The van der Waals surface area contributed by atoms with Crippen LogP contribution in [-0.2, 0) is 0 Å². The van der Waals surface area contributed by atoms with Gasteiger partial charge in [-0.3, -0.25) is 0 Å². The van der Waals surface area contributed by atoms with Crippen LogP contribution in [0.2, 0.25) is 0 Å². The van der Waals surface area contributed by atoms with Gasteiger partial charge < -0.3 is 5.32 Å². The molecule has 0 amide bonds. The van der Waals surface area contributed by atoms with Gasteiger partial charge in [0.2, 0.25) is 0 Å². The number of hydrogen-bond donors (Lipinski definition) is 1. The molecular formula is C11H22N2. The van der Waals surface area contributed by atoms with E-state index in [9.17, 15) is 0 Å². The lowest BCUT2D eigenvalue weighted by Crippen LogP contribution is -2.16. The number of unbranched alkanes of at least 4 members (excludes halogenated alkanes) is 2. The number of nitriles is 1. The highest BCUT2D eigenvalue weighted by atomic mass is 14.8. The number of rotatable bonds is 8. The van der Waals surface area contributed by atoms with Crippen LogP contribution in [0.15, 0.2) is 0 Å². The Bertz CT molecular complexity index is 136. The van der Waals surface area contributed by atoms with Gasteiger partial charge in [0.1, 0.15) is 0 Å². The van der Waals surface area contributed by atoms with E-state index < -0.39 is 0 Å². The molecule has 0 saturated heterocycles. The lowest BCUT2D eigenvalue weighted by atomic mass is 10.1. The van der Waals surface area contributed by atoms with Crippen molar-refractivity contribution < 1.29 is 0 Å². The molecule has 0 bridgehead atoms. The number of hydrogen-bond acceptors (Lipinski definition) is 2. The van der Waals surface area contributed by atoms with Gasteiger partial charge >= 0.3 is 0 Å². The Kier molecular flexibility index (Phi) is 9.13. The minimum atomic E-state index is 0.702. The topological polar surface area (TPSA) is 35.8 Å². The van der Waals surface area contributed by atoms with Crippen molar-refractivity contribution in [3.8, 4) is 6.07 Å². The molecule has 0 aromatic rings. The molecule has 0 saturated carbocycles. The van der Waals surface area contributed by atoms with Crippen LogP contribution >= 0.6 is 0 Å². The molecule has 2 heteroatoms. The average molecular weight is 182 g/mol. The second-order valence-corrected chi connectivity index (χ2v) is 3.90. The first-order valence-corrected chi connectivity index (χ1v) is 5.35. The number of nitrogens with zero attached hydrogens (tertiary/aromatic N) is 1. The van der Waals surface area contributed by atoms with E-state index in [1.165, 1.54) is 12.8 Å². The standard InChI is InChI=1S/C11H22N2/c1-11(2)7-6-10-13-9-5-3-4-8-12/h11,13H,3-7,9-10H2,1-2H3. The maximum absolute atomic E-state index is 8.30. The second-order valence-electron chi connectivity index (χ2n) is 3.90. The molecule has 0 fully saturated rings. The summed E-state index contributed by atoms with van der Waals surface area (Å²) in [6.07, 6.45) is 5.46. The van der Waals surface area contributed by atoms with Gasteiger partial charge in [0, 0.05) is 6.42 Å². The third-order valence-corrected chi connectivity index (χ3v) is 2.03. The van der Waals surface area contributed by atoms with Gasteiger partial charge in [0.25, 0.3) is 0 Å². The van der Waals surface area contributed by atoms with E-state index in [-0.39, 0.29) is 0 Å². The minimum Gasteiger partial charge on any atom is -0.317 e.